The first-order chi connectivity index (χ1) is 15.5. The number of ether oxygens (including phenoxy) is 2. The number of esters is 2. The van der Waals surface area contributed by atoms with Gasteiger partial charge < -0.3 is 9.47 Å². The van der Waals surface area contributed by atoms with Crippen molar-refractivity contribution in [1.82, 2.24) is 14.8 Å². The Balaban J connectivity index is 1.81. The molecule has 0 unspecified atom stereocenters. The van der Waals surface area contributed by atoms with Crippen molar-refractivity contribution in [3.8, 4) is 16.8 Å². The Hall–Kier alpha value is -3.17. The molecular weight excluding hydrogens is 494 g/mol. The van der Waals surface area contributed by atoms with E-state index < -0.39 is 17.2 Å². The van der Waals surface area contributed by atoms with Crippen LogP contribution in [0.5, 0.6) is 0 Å². The van der Waals surface area contributed by atoms with Crippen molar-refractivity contribution in [2.24, 2.45) is 0 Å². The maximum atomic E-state index is 12.1. The summed E-state index contributed by atoms with van der Waals surface area (Å²) in [6.07, 6.45) is 1.55. The van der Waals surface area contributed by atoms with Crippen LogP contribution in [0.15, 0.2) is 76.6 Å². The van der Waals surface area contributed by atoms with Crippen LogP contribution >= 0.6 is 27.7 Å². The molecule has 1 heterocycles. The molecule has 0 aliphatic carbocycles. The van der Waals surface area contributed by atoms with Gasteiger partial charge in [0.1, 0.15) is 6.33 Å². The Kier molecular flexibility index (Phi) is 6.57. The zero-order chi connectivity index (χ0) is 22.7. The monoisotopic (exact) mass is 511 g/mol. The number of methoxy groups -OCH3 is 2. The minimum absolute atomic E-state index is 0.367. The molecule has 32 heavy (non-hydrogen) atoms. The first-order valence-electron chi connectivity index (χ1n) is 9.54. The van der Waals surface area contributed by atoms with Crippen LogP contribution in [0.3, 0.4) is 0 Å². The molecule has 0 atom stereocenters. The van der Waals surface area contributed by atoms with Crippen molar-refractivity contribution in [1.29, 1.82) is 0 Å². The molecule has 0 bridgehead atoms. The minimum Gasteiger partial charge on any atom is -0.468 e. The Morgan fingerprint density at radius 3 is 2.38 bits per heavy atom. The summed E-state index contributed by atoms with van der Waals surface area (Å²) in [5.41, 5.74) is 2.98. The van der Waals surface area contributed by atoms with Crippen LogP contribution < -0.4 is 0 Å². The lowest BCUT2D eigenvalue weighted by molar-refractivity contribution is -0.150. The summed E-state index contributed by atoms with van der Waals surface area (Å²) < 4.78 is 12.2. The standard InChI is InChI=1S/C23H18BrN3O4S/c1-30-21(28)20(22(29)31-2)32-23-26-25-13-27(23)19-11-10-16(14-6-5-7-15(24)12-14)17-8-3-4-9-18(17)19/h3-13,20H,1-2H3. The van der Waals surface area contributed by atoms with Crippen LogP contribution in [0.1, 0.15) is 0 Å². The highest BCUT2D eigenvalue weighted by Crippen LogP contribution is 2.35. The van der Waals surface area contributed by atoms with Gasteiger partial charge >= 0.3 is 11.9 Å². The first-order valence-corrected chi connectivity index (χ1v) is 11.2. The van der Waals surface area contributed by atoms with E-state index in [1.165, 1.54) is 14.2 Å². The van der Waals surface area contributed by atoms with Gasteiger partial charge in [-0.2, -0.15) is 0 Å². The fourth-order valence-electron chi connectivity index (χ4n) is 3.38. The predicted octanol–water partition coefficient (Wildman–Crippen LogP) is 4.66. The summed E-state index contributed by atoms with van der Waals surface area (Å²) in [6, 6.07) is 20.1. The summed E-state index contributed by atoms with van der Waals surface area (Å²) in [5, 5.41) is 9.30. The highest BCUT2D eigenvalue weighted by atomic mass is 79.9. The molecule has 7 nitrogen and oxygen atoms in total. The number of fused-ring (bicyclic) bond motifs is 1. The van der Waals surface area contributed by atoms with E-state index in [2.05, 4.69) is 44.3 Å². The van der Waals surface area contributed by atoms with Crippen LogP contribution in [-0.4, -0.2) is 46.2 Å². The Bertz CT molecular complexity index is 1290. The predicted molar refractivity (Wildman–Crippen MR) is 126 cm³/mol. The third-order valence-corrected chi connectivity index (χ3v) is 6.47. The maximum absolute atomic E-state index is 12.1. The van der Waals surface area contributed by atoms with Crippen molar-refractivity contribution in [3.63, 3.8) is 0 Å². The van der Waals surface area contributed by atoms with E-state index >= 15 is 0 Å². The Labute approximate surface area is 196 Å². The normalized spacial score (nSPS) is 11.0. The molecule has 4 aromatic rings. The SMILES string of the molecule is COC(=O)C(Sc1nncn1-c1ccc(-c2cccc(Br)c2)c2ccccc12)C(=O)OC. The Morgan fingerprint density at radius 1 is 0.969 bits per heavy atom. The number of nitrogens with zero attached hydrogens (tertiary/aromatic N) is 3. The summed E-state index contributed by atoms with van der Waals surface area (Å²) in [7, 11) is 2.44. The highest BCUT2D eigenvalue weighted by molar-refractivity contribution is 9.10. The Morgan fingerprint density at radius 2 is 1.69 bits per heavy atom. The van der Waals surface area contributed by atoms with E-state index in [9.17, 15) is 9.59 Å². The highest BCUT2D eigenvalue weighted by Gasteiger charge is 2.32. The number of carbonyl (C=O) groups excluding carboxylic acids is 2. The summed E-state index contributed by atoms with van der Waals surface area (Å²) in [6.45, 7) is 0. The van der Waals surface area contributed by atoms with Gasteiger partial charge in [0, 0.05) is 9.86 Å². The summed E-state index contributed by atoms with van der Waals surface area (Å²) in [5.74, 6) is -1.43. The van der Waals surface area contributed by atoms with Gasteiger partial charge in [-0.15, -0.1) is 10.2 Å². The van der Waals surface area contributed by atoms with Gasteiger partial charge in [0.25, 0.3) is 0 Å². The number of aromatic nitrogens is 3. The van der Waals surface area contributed by atoms with Crippen LogP contribution in [0.25, 0.3) is 27.6 Å². The molecule has 4 rings (SSSR count). The second-order valence-electron chi connectivity index (χ2n) is 6.72. The van der Waals surface area contributed by atoms with Gasteiger partial charge in [0.2, 0.25) is 5.25 Å². The minimum atomic E-state index is -1.21. The average molecular weight is 512 g/mol. The van der Waals surface area contributed by atoms with Crippen molar-refractivity contribution in [2.75, 3.05) is 14.2 Å². The largest absolute Gasteiger partial charge is 0.468 e. The van der Waals surface area contributed by atoms with Crippen LogP contribution in [0.4, 0.5) is 0 Å². The fraction of sp³-hybridized carbons (Fsp3) is 0.130. The fourth-order valence-corrected chi connectivity index (χ4v) is 4.73. The van der Waals surface area contributed by atoms with Gasteiger partial charge in [-0.1, -0.05) is 70.2 Å². The van der Waals surface area contributed by atoms with Crippen molar-refractivity contribution in [2.45, 2.75) is 10.4 Å². The van der Waals surface area contributed by atoms with E-state index in [1.54, 1.807) is 10.9 Å². The van der Waals surface area contributed by atoms with Crippen LogP contribution in [-0.2, 0) is 19.1 Å². The van der Waals surface area contributed by atoms with Crippen LogP contribution in [0, 0.1) is 0 Å². The van der Waals surface area contributed by atoms with Gasteiger partial charge in [-0.25, -0.2) is 0 Å². The lowest BCUT2D eigenvalue weighted by Gasteiger charge is -2.15. The average Bonchev–Trinajstić information content (AvgIpc) is 3.28. The second kappa shape index (κ2) is 9.54. The molecule has 0 saturated heterocycles. The van der Waals surface area contributed by atoms with Gasteiger partial charge in [0.15, 0.2) is 5.16 Å². The first kappa shape index (κ1) is 22.0. The second-order valence-corrected chi connectivity index (χ2v) is 8.70. The number of hydrogen-bond donors (Lipinski definition) is 0. The molecule has 0 radical (unpaired) electrons. The molecule has 0 fully saturated rings. The number of hydrogen-bond acceptors (Lipinski definition) is 7. The molecule has 0 N–H and O–H groups in total. The molecule has 9 heteroatoms. The molecule has 0 aliphatic rings. The number of halogens is 1. The zero-order valence-corrected chi connectivity index (χ0v) is 19.6. The van der Waals surface area contributed by atoms with Crippen molar-refractivity contribution in [3.05, 3.63) is 71.5 Å². The molecular formula is C23H18BrN3O4S. The number of carbonyl (C=O) groups is 2. The van der Waals surface area contributed by atoms with Crippen molar-refractivity contribution >= 4 is 50.4 Å². The quantitative estimate of drug-likeness (QED) is 0.211. The lowest BCUT2D eigenvalue weighted by atomic mass is 9.97. The van der Waals surface area contributed by atoms with Gasteiger partial charge in [-0.3, -0.25) is 14.2 Å². The number of thioether (sulfide) groups is 1. The molecule has 0 amide bonds. The lowest BCUT2D eigenvalue weighted by Crippen LogP contribution is -2.29. The van der Waals surface area contributed by atoms with Crippen molar-refractivity contribution < 1.29 is 19.1 Å². The van der Waals surface area contributed by atoms with Gasteiger partial charge in [-0.05, 0) is 34.7 Å². The topological polar surface area (TPSA) is 83.3 Å². The third-order valence-electron chi connectivity index (χ3n) is 4.87. The van der Waals surface area contributed by atoms with Crippen LogP contribution in [0.2, 0.25) is 0 Å². The third kappa shape index (κ3) is 4.26. The molecule has 0 spiro atoms. The zero-order valence-electron chi connectivity index (χ0n) is 17.2. The van der Waals surface area contributed by atoms with E-state index in [4.69, 9.17) is 9.47 Å². The summed E-state index contributed by atoms with van der Waals surface area (Å²) >= 11 is 4.47. The van der Waals surface area contributed by atoms with E-state index in [1.807, 2.05) is 42.5 Å². The van der Waals surface area contributed by atoms with Gasteiger partial charge in [0.05, 0.1) is 19.9 Å². The van der Waals surface area contributed by atoms with E-state index in [0.717, 1.165) is 43.8 Å². The molecule has 3 aromatic carbocycles. The molecule has 162 valence electrons. The molecule has 0 saturated carbocycles. The molecule has 0 aliphatic heterocycles. The van der Waals surface area contributed by atoms with E-state index in [0.29, 0.717) is 5.16 Å². The van der Waals surface area contributed by atoms with E-state index in [-0.39, 0.29) is 0 Å². The smallest absolute Gasteiger partial charge is 0.330 e. The number of rotatable bonds is 6. The molecule has 1 aromatic heterocycles. The maximum Gasteiger partial charge on any atom is 0.330 e. The number of benzene rings is 3. The summed E-state index contributed by atoms with van der Waals surface area (Å²) in [4.78, 5) is 24.2.